The number of hydrogen-bond donors (Lipinski definition) is 3. The van der Waals surface area contributed by atoms with Crippen molar-refractivity contribution in [1.82, 2.24) is 16.0 Å². The molecule has 0 aromatic heterocycles. The van der Waals surface area contributed by atoms with E-state index in [0.29, 0.717) is 24.1 Å². The lowest BCUT2D eigenvalue weighted by atomic mass is 9.67. The number of amides is 1. The van der Waals surface area contributed by atoms with E-state index in [1.165, 1.54) is 19.3 Å². The largest absolute Gasteiger partial charge is 0.385 e. The highest BCUT2D eigenvalue weighted by molar-refractivity contribution is 5.94. The predicted molar refractivity (Wildman–Crippen MR) is 110 cm³/mol. The van der Waals surface area contributed by atoms with Crippen LogP contribution in [0.15, 0.2) is 29.3 Å². The van der Waals surface area contributed by atoms with Crippen molar-refractivity contribution in [1.29, 1.82) is 0 Å². The minimum Gasteiger partial charge on any atom is -0.385 e. The molecule has 1 aromatic rings. The molecule has 1 amide bonds. The van der Waals surface area contributed by atoms with Gasteiger partial charge in [0.25, 0.3) is 5.91 Å². The summed E-state index contributed by atoms with van der Waals surface area (Å²) in [6, 6.07) is 7.63. The average Bonchev–Trinajstić information content (AvgIpc) is 2.65. The summed E-state index contributed by atoms with van der Waals surface area (Å²) in [5, 5.41) is 9.64. The molecule has 1 fully saturated rings. The molecule has 0 bridgehead atoms. The number of ether oxygens (including phenoxy) is 1. The third kappa shape index (κ3) is 6.54. The number of aliphatic imine (C=N–C) groups is 1. The summed E-state index contributed by atoms with van der Waals surface area (Å²) < 4.78 is 5.27. The highest BCUT2D eigenvalue weighted by atomic mass is 16.5. The molecule has 0 atom stereocenters. The van der Waals surface area contributed by atoms with Crippen molar-refractivity contribution in [2.24, 2.45) is 10.4 Å². The fourth-order valence-corrected chi connectivity index (χ4v) is 3.32. The molecular formula is C21H34N4O2. The Labute approximate surface area is 163 Å². The van der Waals surface area contributed by atoms with Crippen LogP contribution in [0.3, 0.4) is 0 Å². The Kier molecular flexibility index (Phi) is 8.58. The van der Waals surface area contributed by atoms with Crippen molar-refractivity contribution in [3.63, 3.8) is 0 Å². The maximum Gasteiger partial charge on any atom is 0.251 e. The summed E-state index contributed by atoms with van der Waals surface area (Å²) in [7, 11) is 1.77. The van der Waals surface area contributed by atoms with E-state index in [1.54, 1.807) is 7.11 Å². The van der Waals surface area contributed by atoms with Crippen LogP contribution in [0.25, 0.3) is 0 Å². The lowest BCUT2D eigenvalue weighted by Gasteiger charge is -2.42. The first-order valence-electron chi connectivity index (χ1n) is 10.0. The summed E-state index contributed by atoms with van der Waals surface area (Å²) in [5.41, 5.74) is 2.11. The maximum atomic E-state index is 11.8. The van der Waals surface area contributed by atoms with Gasteiger partial charge in [-0.1, -0.05) is 18.6 Å². The molecule has 6 heteroatoms. The van der Waals surface area contributed by atoms with Gasteiger partial charge in [0.05, 0.1) is 6.54 Å². The molecule has 0 radical (unpaired) electrons. The fraction of sp³-hybridized carbons (Fsp3) is 0.619. The third-order valence-corrected chi connectivity index (χ3v) is 5.20. The lowest BCUT2D eigenvalue weighted by molar-refractivity contribution is 0.0732. The molecule has 2 rings (SSSR count). The van der Waals surface area contributed by atoms with Gasteiger partial charge in [-0.15, -0.1) is 0 Å². The van der Waals surface area contributed by atoms with Crippen LogP contribution in [0.4, 0.5) is 0 Å². The summed E-state index contributed by atoms with van der Waals surface area (Å²) in [6.07, 6.45) is 4.91. The van der Waals surface area contributed by atoms with Crippen molar-refractivity contribution in [2.45, 2.75) is 46.1 Å². The lowest BCUT2D eigenvalue weighted by Crippen LogP contribution is -2.46. The van der Waals surface area contributed by atoms with Crippen LogP contribution in [0.1, 0.15) is 55.5 Å². The first-order valence-corrected chi connectivity index (χ1v) is 10.0. The Morgan fingerprint density at radius 1 is 1.11 bits per heavy atom. The molecule has 0 saturated heterocycles. The van der Waals surface area contributed by atoms with Crippen LogP contribution in [0.2, 0.25) is 0 Å². The molecule has 1 saturated carbocycles. The first-order chi connectivity index (χ1) is 13.1. The van der Waals surface area contributed by atoms with Crippen molar-refractivity contribution in [2.75, 3.05) is 33.4 Å². The summed E-state index contributed by atoms with van der Waals surface area (Å²) in [6.45, 7) is 7.77. The first kappa shape index (κ1) is 21.2. The van der Waals surface area contributed by atoms with Crippen molar-refractivity contribution in [3.05, 3.63) is 35.4 Å². The third-order valence-electron chi connectivity index (χ3n) is 5.20. The topological polar surface area (TPSA) is 74.8 Å². The van der Waals surface area contributed by atoms with E-state index in [2.05, 4.69) is 22.9 Å². The summed E-state index contributed by atoms with van der Waals surface area (Å²) in [4.78, 5) is 16.5. The van der Waals surface area contributed by atoms with E-state index in [-0.39, 0.29) is 5.91 Å². The molecule has 1 aliphatic rings. The van der Waals surface area contributed by atoms with Gasteiger partial charge in [-0.3, -0.25) is 4.79 Å². The van der Waals surface area contributed by atoms with Crippen LogP contribution < -0.4 is 16.0 Å². The van der Waals surface area contributed by atoms with Gasteiger partial charge in [-0.25, -0.2) is 4.99 Å². The number of nitrogens with zero attached hydrogens (tertiary/aromatic N) is 1. The normalized spacial score (nSPS) is 15.7. The number of methoxy groups -OCH3 is 1. The van der Waals surface area contributed by atoms with E-state index >= 15 is 0 Å². The van der Waals surface area contributed by atoms with Crippen LogP contribution in [0.5, 0.6) is 0 Å². The number of hydrogen-bond acceptors (Lipinski definition) is 3. The van der Waals surface area contributed by atoms with Gasteiger partial charge in [0.2, 0.25) is 0 Å². The summed E-state index contributed by atoms with van der Waals surface area (Å²) >= 11 is 0. The fourth-order valence-electron chi connectivity index (χ4n) is 3.32. The molecule has 0 aliphatic heterocycles. The van der Waals surface area contributed by atoms with E-state index in [4.69, 9.17) is 9.73 Å². The van der Waals surface area contributed by atoms with Crippen molar-refractivity contribution < 1.29 is 9.53 Å². The smallest absolute Gasteiger partial charge is 0.251 e. The van der Waals surface area contributed by atoms with Gasteiger partial charge in [0, 0.05) is 38.9 Å². The Hall–Kier alpha value is -2.08. The molecule has 3 N–H and O–H groups in total. The Morgan fingerprint density at radius 2 is 1.81 bits per heavy atom. The van der Waals surface area contributed by atoms with Gasteiger partial charge in [0.1, 0.15) is 0 Å². The average molecular weight is 375 g/mol. The highest BCUT2D eigenvalue weighted by Crippen LogP contribution is 2.43. The highest BCUT2D eigenvalue weighted by Gasteiger charge is 2.36. The number of benzene rings is 1. The van der Waals surface area contributed by atoms with Crippen LogP contribution in [0, 0.1) is 5.41 Å². The Morgan fingerprint density at radius 3 is 2.37 bits per heavy atom. The molecule has 0 spiro atoms. The standard InChI is InChI=1S/C21H34N4O2/c1-4-22-19(26)18-9-7-17(8-10-18)15-24-20(23-5-2)25-16-21(11-6-12-21)13-14-27-3/h7-10H,4-6,11-16H2,1-3H3,(H,22,26)(H2,23,24,25). The number of rotatable bonds is 10. The second-order valence-corrected chi connectivity index (χ2v) is 7.20. The molecule has 27 heavy (non-hydrogen) atoms. The minimum atomic E-state index is -0.0376. The second kappa shape index (κ2) is 10.9. The van der Waals surface area contributed by atoms with Crippen LogP contribution >= 0.6 is 0 Å². The van der Waals surface area contributed by atoms with Gasteiger partial charge in [-0.05, 0) is 56.2 Å². The van der Waals surface area contributed by atoms with Gasteiger partial charge < -0.3 is 20.7 Å². The second-order valence-electron chi connectivity index (χ2n) is 7.20. The van der Waals surface area contributed by atoms with Crippen LogP contribution in [-0.4, -0.2) is 45.2 Å². The molecule has 1 aromatic carbocycles. The molecule has 1 aliphatic carbocycles. The monoisotopic (exact) mass is 374 g/mol. The Balaban J connectivity index is 1.91. The van der Waals surface area contributed by atoms with Crippen molar-refractivity contribution in [3.8, 4) is 0 Å². The zero-order valence-corrected chi connectivity index (χ0v) is 16.9. The quantitative estimate of drug-likeness (QED) is 0.435. The number of nitrogens with one attached hydrogen (secondary N) is 3. The Bertz CT molecular complexity index is 609. The molecule has 0 unspecified atom stereocenters. The molecule has 6 nitrogen and oxygen atoms in total. The molecule has 0 heterocycles. The maximum absolute atomic E-state index is 11.8. The zero-order chi connectivity index (χ0) is 19.5. The number of carbonyl (C=O) groups excluding carboxylic acids is 1. The van der Waals surface area contributed by atoms with E-state index < -0.39 is 0 Å². The molecular weight excluding hydrogens is 340 g/mol. The SMILES string of the molecule is CCNC(=O)c1ccc(CN=C(NCC)NCC2(CCOC)CCC2)cc1. The summed E-state index contributed by atoms with van der Waals surface area (Å²) in [5.74, 6) is 0.804. The van der Waals surface area contributed by atoms with Gasteiger partial charge >= 0.3 is 0 Å². The van der Waals surface area contributed by atoms with E-state index in [9.17, 15) is 4.79 Å². The zero-order valence-electron chi connectivity index (χ0n) is 16.9. The van der Waals surface area contributed by atoms with E-state index in [1.807, 2.05) is 31.2 Å². The van der Waals surface area contributed by atoms with Gasteiger partial charge in [-0.2, -0.15) is 0 Å². The minimum absolute atomic E-state index is 0.0376. The van der Waals surface area contributed by atoms with Gasteiger partial charge in [0.15, 0.2) is 5.96 Å². The van der Waals surface area contributed by atoms with Crippen molar-refractivity contribution >= 4 is 11.9 Å². The number of carbonyl (C=O) groups is 1. The predicted octanol–water partition coefficient (Wildman–Crippen LogP) is 2.70. The van der Waals surface area contributed by atoms with E-state index in [0.717, 1.165) is 37.6 Å². The number of guanidine groups is 1. The van der Waals surface area contributed by atoms with Crippen LogP contribution in [-0.2, 0) is 11.3 Å². The molecule has 150 valence electrons.